The minimum atomic E-state index is 0.0459. The summed E-state index contributed by atoms with van der Waals surface area (Å²) in [5, 5.41) is 3.34. The standard InChI is InChI=1S/C8H16N2O/c1-7(2)10-5-8(11-6-10)3-4-9-8/h7,9H,3-6H2,1-2H3/t8-/m0/s1. The highest BCUT2D eigenvalue weighted by Gasteiger charge is 2.44. The summed E-state index contributed by atoms with van der Waals surface area (Å²) in [5.41, 5.74) is 0.0459. The molecule has 2 heterocycles. The fourth-order valence-electron chi connectivity index (χ4n) is 1.62. The number of ether oxygens (including phenoxy) is 1. The highest BCUT2D eigenvalue weighted by Crippen LogP contribution is 2.28. The normalized spacial score (nSPS) is 38.5. The zero-order valence-electron chi connectivity index (χ0n) is 7.26. The summed E-state index contributed by atoms with van der Waals surface area (Å²) in [5.74, 6) is 0. The van der Waals surface area contributed by atoms with Crippen LogP contribution < -0.4 is 5.32 Å². The number of nitrogens with one attached hydrogen (secondary N) is 1. The van der Waals surface area contributed by atoms with Crippen molar-refractivity contribution in [2.24, 2.45) is 0 Å². The molecule has 64 valence electrons. The number of hydrogen-bond acceptors (Lipinski definition) is 3. The lowest BCUT2D eigenvalue weighted by molar-refractivity contribution is -0.0689. The van der Waals surface area contributed by atoms with Gasteiger partial charge in [-0.2, -0.15) is 0 Å². The van der Waals surface area contributed by atoms with Gasteiger partial charge in [-0.15, -0.1) is 0 Å². The van der Waals surface area contributed by atoms with Crippen molar-refractivity contribution in [3.8, 4) is 0 Å². The highest BCUT2D eigenvalue weighted by atomic mass is 16.5. The largest absolute Gasteiger partial charge is 0.344 e. The lowest BCUT2D eigenvalue weighted by Gasteiger charge is -2.38. The van der Waals surface area contributed by atoms with Crippen molar-refractivity contribution in [2.45, 2.75) is 32.0 Å². The Bertz CT molecular complexity index is 154. The Kier molecular flexibility index (Phi) is 1.67. The molecule has 0 unspecified atom stereocenters. The first-order valence-corrected chi connectivity index (χ1v) is 4.35. The summed E-state index contributed by atoms with van der Waals surface area (Å²) in [6.07, 6.45) is 1.18. The van der Waals surface area contributed by atoms with Gasteiger partial charge in [-0.3, -0.25) is 10.2 Å². The van der Waals surface area contributed by atoms with E-state index < -0.39 is 0 Å². The third-order valence-corrected chi connectivity index (χ3v) is 2.67. The van der Waals surface area contributed by atoms with Crippen molar-refractivity contribution < 1.29 is 4.74 Å². The van der Waals surface area contributed by atoms with Crippen LogP contribution in [0.3, 0.4) is 0 Å². The summed E-state index contributed by atoms with van der Waals surface area (Å²) < 4.78 is 5.67. The van der Waals surface area contributed by atoms with Gasteiger partial charge in [0.25, 0.3) is 0 Å². The second-order valence-electron chi connectivity index (χ2n) is 3.79. The fourth-order valence-corrected chi connectivity index (χ4v) is 1.62. The third kappa shape index (κ3) is 1.17. The predicted octanol–water partition coefficient (Wildman–Crippen LogP) is 0.374. The molecule has 1 atom stereocenters. The first-order chi connectivity index (χ1) is 5.22. The monoisotopic (exact) mass is 156 g/mol. The Hall–Kier alpha value is -0.120. The van der Waals surface area contributed by atoms with Crippen LogP contribution in [0.2, 0.25) is 0 Å². The Morgan fingerprint density at radius 2 is 2.27 bits per heavy atom. The summed E-state index contributed by atoms with van der Waals surface area (Å²) in [4.78, 5) is 2.35. The van der Waals surface area contributed by atoms with Crippen LogP contribution in [0.15, 0.2) is 0 Å². The number of hydrogen-bond donors (Lipinski definition) is 1. The molecule has 11 heavy (non-hydrogen) atoms. The molecule has 0 radical (unpaired) electrons. The summed E-state index contributed by atoms with van der Waals surface area (Å²) in [6, 6.07) is 0.608. The maximum atomic E-state index is 5.67. The van der Waals surface area contributed by atoms with Crippen LogP contribution in [-0.4, -0.2) is 36.5 Å². The van der Waals surface area contributed by atoms with Crippen molar-refractivity contribution in [3.05, 3.63) is 0 Å². The lowest BCUT2D eigenvalue weighted by Crippen LogP contribution is -2.59. The highest BCUT2D eigenvalue weighted by molar-refractivity contribution is 4.94. The van der Waals surface area contributed by atoms with Gasteiger partial charge in [-0.25, -0.2) is 0 Å². The van der Waals surface area contributed by atoms with E-state index >= 15 is 0 Å². The van der Waals surface area contributed by atoms with Crippen LogP contribution in [0.4, 0.5) is 0 Å². The number of rotatable bonds is 1. The molecule has 0 aliphatic carbocycles. The minimum Gasteiger partial charge on any atom is -0.344 e. The fraction of sp³-hybridized carbons (Fsp3) is 1.00. The minimum absolute atomic E-state index is 0.0459. The Balaban J connectivity index is 1.93. The molecule has 0 aromatic rings. The van der Waals surface area contributed by atoms with Gasteiger partial charge in [0.05, 0.1) is 0 Å². The van der Waals surface area contributed by atoms with Crippen molar-refractivity contribution in [3.63, 3.8) is 0 Å². The van der Waals surface area contributed by atoms with E-state index in [1.54, 1.807) is 0 Å². The molecule has 0 aromatic carbocycles. The quantitative estimate of drug-likeness (QED) is 0.594. The molecule has 2 aliphatic rings. The van der Waals surface area contributed by atoms with Crippen LogP contribution >= 0.6 is 0 Å². The smallest absolute Gasteiger partial charge is 0.135 e. The van der Waals surface area contributed by atoms with Crippen LogP contribution in [0, 0.1) is 0 Å². The molecule has 1 spiro atoms. The molecular weight excluding hydrogens is 140 g/mol. The van der Waals surface area contributed by atoms with Crippen LogP contribution in [-0.2, 0) is 4.74 Å². The molecule has 2 aliphatic heterocycles. The van der Waals surface area contributed by atoms with E-state index in [1.165, 1.54) is 6.42 Å². The average molecular weight is 156 g/mol. The van der Waals surface area contributed by atoms with Crippen LogP contribution in [0.5, 0.6) is 0 Å². The van der Waals surface area contributed by atoms with Gasteiger partial charge < -0.3 is 4.74 Å². The van der Waals surface area contributed by atoms with E-state index in [4.69, 9.17) is 4.74 Å². The van der Waals surface area contributed by atoms with Crippen molar-refractivity contribution >= 4 is 0 Å². The summed E-state index contributed by atoms with van der Waals surface area (Å²) in [6.45, 7) is 7.39. The van der Waals surface area contributed by atoms with E-state index in [0.29, 0.717) is 6.04 Å². The third-order valence-electron chi connectivity index (χ3n) is 2.67. The topological polar surface area (TPSA) is 24.5 Å². The molecule has 0 bridgehead atoms. The van der Waals surface area contributed by atoms with Gasteiger partial charge in [-0.1, -0.05) is 0 Å². The van der Waals surface area contributed by atoms with Gasteiger partial charge in [0.1, 0.15) is 12.5 Å². The molecule has 0 saturated carbocycles. The first-order valence-electron chi connectivity index (χ1n) is 4.35. The Morgan fingerprint density at radius 3 is 2.55 bits per heavy atom. The average Bonchev–Trinajstić information content (AvgIpc) is 2.28. The first kappa shape index (κ1) is 7.53. The van der Waals surface area contributed by atoms with Gasteiger partial charge in [0.15, 0.2) is 0 Å². The van der Waals surface area contributed by atoms with Crippen molar-refractivity contribution in [1.29, 1.82) is 0 Å². The molecule has 3 nitrogen and oxygen atoms in total. The molecular formula is C8H16N2O. The maximum absolute atomic E-state index is 5.67. The van der Waals surface area contributed by atoms with E-state index in [-0.39, 0.29) is 5.72 Å². The zero-order chi connectivity index (χ0) is 7.90. The SMILES string of the molecule is CC(C)N1CO[C@@]2(CCN2)C1. The van der Waals surface area contributed by atoms with Crippen LogP contribution in [0.1, 0.15) is 20.3 Å². The zero-order valence-corrected chi connectivity index (χ0v) is 7.26. The second kappa shape index (κ2) is 2.44. The van der Waals surface area contributed by atoms with Gasteiger partial charge >= 0.3 is 0 Å². The van der Waals surface area contributed by atoms with E-state index in [9.17, 15) is 0 Å². The molecule has 2 saturated heterocycles. The van der Waals surface area contributed by atoms with Gasteiger partial charge in [0, 0.05) is 25.6 Å². The van der Waals surface area contributed by atoms with Gasteiger partial charge in [0.2, 0.25) is 0 Å². The Morgan fingerprint density at radius 1 is 1.55 bits per heavy atom. The molecule has 2 rings (SSSR count). The molecule has 3 heteroatoms. The van der Waals surface area contributed by atoms with E-state index in [1.807, 2.05) is 0 Å². The maximum Gasteiger partial charge on any atom is 0.135 e. The lowest BCUT2D eigenvalue weighted by atomic mass is 10.0. The summed E-state index contributed by atoms with van der Waals surface area (Å²) in [7, 11) is 0. The van der Waals surface area contributed by atoms with Crippen molar-refractivity contribution in [2.75, 3.05) is 19.8 Å². The Labute approximate surface area is 67.7 Å². The van der Waals surface area contributed by atoms with Gasteiger partial charge in [-0.05, 0) is 13.8 Å². The second-order valence-corrected chi connectivity index (χ2v) is 3.79. The summed E-state index contributed by atoms with van der Waals surface area (Å²) >= 11 is 0. The molecule has 0 aromatic heterocycles. The van der Waals surface area contributed by atoms with E-state index in [2.05, 4.69) is 24.1 Å². The number of nitrogens with zero attached hydrogens (tertiary/aromatic N) is 1. The van der Waals surface area contributed by atoms with E-state index in [0.717, 1.165) is 19.8 Å². The molecule has 1 N–H and O–H groups in total. The molecule has 2 fully saturated rings. The predicted molar refractivity (Wildman–Crippen MR) is 43.1 cm³/mol. The van der Waals surface area contributed by atoms with Crippen LogP contribution in [0.25, 0.3) is 0 Å². The van der Waals surface area contributed by atoms with Crippen molar-refractivity contribution in [1.82, 2.24) is 10.2 Å². The molecule has 0 amide bonds.